The predicted molar refractivity (Wildman–Crippen MR) is 125 cm³/mol. The van der Waals surface area contributed by atoms with Crippen LogP contribution in [-0.2, 0) is 6.42 Å². The number of carbonyl (C=O) groups excluding carboxylic acids is 1. The second kappa shape index (κ2) is 13.3. The highest BCUT2D eigenvalue weighted by molar-refractivity contribution is 14.0. The molecule has 1 amide bonds. The second-order valence-electron chi connectivity index (χ2n) is 5.78. The Morgan fingerprint density at radius 2 is 1.89 bits per heavy atom. The van der Waals surface area contributed by atoms with Gasteiger partial charge in [0.25, 0.3) is 5.91 Å². The molecule has 0 aliphatic carbocycles. The third kappa shape index (κ3) is 8.42. The number of methoxy groups -OCH3 is 1. The van der Waals surface area contributed by atoms with Crippen LogP contribution in [0.4, 0.5) is 0 Å². The van der Waals surface area contributed by atoms with E-state index in [9.17, 15) is 4.79 Å². The van der Waals surface area contributed by atoms with Crippen LogP contribution in [0.1, 0.15) is 28.0 Å². The van der Waals surface area contributed by atoms with Crippen molar-refractivity contribution in [2.75, 3.05) is 33.3 Å². The first-order chi connectivity index (χ1) is 13.1. The average molecular weight is 517 g/mol. The molecule has 28 heavy (non-hydrogen) atoms. The van der Waals surface area contributed by atoms with E-state index in [2.05, 4.69) is 31.3 Å². The molecule has 2 rings (SSSR count). The molecule has 0 fully saturated rings. The SMILES string of the molecule is CCNC(=NCCc1csc(C)n1)NCCNC(=O)c1ccc(OC)cc1.I. The molecule has 1 aromatic carbocycles. The fourth-order valence-corrected chi connectivity index (χ4v) is 3.00. The van der Waals surface area contributed by atoms with Crippen LogP contribution in [0, 0.1) is 6.92 Å². The van der Waals surface area contributed by atoms with E-state index in [1.807, 2.05) is 13.8 Å². The molecule has 0 atom stereocenters. The number of aromatic nitrogens is 1. The number of nitrogens with one attached hydrogen (secondary N) is 3. The van der Waals surface area contributed by atoms with Crippen molar-refractivity contribution >= 4 is 47.2 Å². The van der Waals surface area contributed by atoms with Crippen molar-refractivity contribution in [1.82, 2.24) is 20.9 Å². The van der Waals surface area contributed by atoms with Crippen molar-refractivity contribution < 1.29 is 9.53 Å². The minimum Gasteiger partial charge on any atom is -0.497 e. The van der Waals surface area contributed by atoms with Crippen LogP contribution in [-0.4, -0.2) is 50.1 Å². The quantitative estimate of drug-likeness (QED) is 0.206. The topological polar surface area (TPSA) is 87.6 Å². The number of rotatable bonds is 9. The Labute approximate surface area is 187 Å². The van der Waals surface area contributed by atoms with Gasteiger partial charge in [-0.25, -0.2) is 4.98 Å². The molecular formula is C19H28IN5O2S. The van der Waals surface area contributed by atoms with Gasteiger partial charge in [-0.05, 0) is 38.1 Å². The Hall–Kier alpha value is -1.88. The third-order valence-electron chi connectivity index (χ3n) is 3.70. The fourth-order valence-electron chi connectivity index (χ4n) is 2.35. The van der Waals surface area contributed by atoms with Crippen LogP contribution in [0.5, 0.6) is 5.75 Å². The number of aryl methyl sites for hydroxylation is 1. The van der Waals surface area contributed by atoms with E-state index in [1.54, 1.807) is 42.7 Å². The summed E-state index contributed by atoms with van der Waals surface area (Å²) in [5.74, 6) is 1.36. The molecule has 0 spiro atoms. The highest BCUT2D eigenvalue weighted by Crippen LogP contribution is 2.11. The van der Waals surface area contributed by atoms with Gasteiger partial charge >= 0.3 is 0 Å². The number of thiazole rings is 1. The molecule has 1 aromatic heterocycles. The summed E-state index contributed by atoms with van der Waals surface area (Å²) in [4.78, 5) is 21.1. The Bertz CT molecular complexity index is 749. The van der Waals surface area contributed by atoms with Gasteiger partial charge in [0.05, 0.1) is 17.8 Å². The Balaban J connectivity index is 0.00000392. The summed E-state index contributed by atoms with van der Waals surface area (Å²) in [5.41, 5.74) is 1.68. The largest absolute Gasteiger partial charge is 0.497 e. The van der Waals surface area contributed by atoms with E-state index >= 15 is 0 Å². The molecule has 0 radical (unpaired) electrons. The van der Waals surface area contributed by atoms with Gasteiger partial charge in [-0.3, -0.25) is 9.79 Å². The summed E-state index contributed by atoms with van der Waals surface area (Å²) in [5, 5.41) is 12.5. The lowest BCUT2D eigenvalue weighted by molar-refractivity contribution is 0.0954. The molecule has 3 N–H and O–H groups in total. The van der Waals surface area contributed by atoms with Gasteiger partial charge in [0.15, 0.2) is 5.96 Å². The first-order valence-corrected chi connectivity index (χ1v) is 9.85. The molecule has 0 saturated carbocycles. The van der Waals surface area contributed by atoms with Crippen LogP contribution in [0.15, 0.2) is 34.6 Å². The molecular weight excluding hydrogens is 489 g/mol. The van der Waals surface area contributed by atoms with Crippen LogP contribution in [0.25, 0.3) is 0 Å². The molecule has 0 aliphatic rings. The summed E-state index contributed by atoms with van der Waals surface area (Å²) in [6.45, 7) is 6.55. The van der Waals surface area contributed by atoms with Gasteiger partial charge in [0.1, 0.15) is 5.75 Å². The lowest BCUT2D eigenvalue weighted by Gasteiger charge is -2.12. The van der Waals surface area contributed by atoms with Crippen LogP contribution in [0.2, 0.25) is 0 Å². The average Bonchev–Trinajstić information content (AvgIpc) is 3.10. The molecule has 2 aromatic rings. The van der Waals surface area contributed by atoms with Crippen molar-refractivity contribution in [2.45, 2.75) is 20.3 Å². The van der Waals surface area contributed by atoms with E-state index in [0.717, 1.165) is 35.4 Å². The monoisotopic (exact) mass is 517 g/mol. The normalized spacial score (nSPS) is 10.8. The lowest BCUT2D eigenvalue weighted by atomic mass is 10.2. The Morgan fingerprint density at radius 3 is 2.50 bits per heavy atom. The highest BCUT2D eigenvalue weighted by atomic mass is 127. The minimum atomic E-state index is -0.111. The molecule has 9 heteroatoms. The van der Waals surface area contributed by atoms with Gasteiger partial charge in [-0.2, -0.15) is 0 Å². The fraction of sp³-hybridized carbons (Fsp3) is 0.421. The first kappa shape index (κ1) is 24.2. The number of halogens is 1. The molecule has 0 saturated heterocycles. The Morgan fingerprint density at radius 1 is 1.18 bits per heavy atom. The van der Waals surface area contributed by atoms with Gasteiger partial charge in [-0.1, -0.05) is 0 Å². The van der Waals surface area contributed by atoms with Gasteiger partial charge in [0, 0.05) is 43.5 Å². The summed E-state index contributed by atoms with van der Waals surface area (Å²) >= 11 is 1.66. The number of nitrogens with zero attached hydrogens (tertiary/aromatic N) is 2. The molecule has 154 valence electrons. The summed E-state index contributed by atoms with van der Waals surface area (Å²) in [6, 6.07) is 7.03. The molecule has 0 bridgehead atoms. The number of benzene rings is 1. The maximum atomic E-state index is 12.1. The van der Waals surface area contributed by atoms with E-state index in [1.165, 1.54) is 0 Å². The zero-order valence-electron chi connectivity index (χ0n) is 16.4. The number of guanidine groups is 1. The summed E-state index contributed by atoms with van der Waals surface area (Å²) < 4.78 is 5.09. The van der Waals surface area contributed by atoms with E-state index < -0.39 is 0 Å². The number of hydrogen-bond donors (Lipinski definition) is 3. The van der Waals surface area contributed by atoms with Crippen LogP contribution >= 0.6 is 35.3 Å². The van der Waals surface area contributed by atoms with E-state index in [0.29, 0.717) is 25.2 Å². The Kier molecular flexibility index (Phi) is 11.5. The second-order valence-corrected chi connectivity index (χ2v) is 6.84. The lowest BCUT2D eigenvalue weighted by Crippen LogP contribution is -2.41. The first-order valence-electron chi connectivity index (χ1n) is 8.97. The van der Waals surface area contributed by atoms with Gasteiger partial charge in [-0.15, -0.1) is 35.3 Å². The highest BCUT2D eigenvalue weighted by Gasteiger charge is 2.05. The standard InChI is InChI=1S/C19H27N5O2S.HI/c1-4-20-19(22-10-9-16-13-27-14(2)24-16)23-12-11-21-18(25)15-5-7-17(26-3)8-6-15;/h5-8,13H,4,9-12H2,1-3H3,(H,21,25)(H2,20,22,23);1H. The molecule has 1 heterocycles. The van der Waals surface area contributed by atoms with Gasteiger partial charge in [0.2, 0.25) is 0 Å². The number of carbonyl (C=O) groups is 1. The maximum absolute atomic E-state index is 12.1. The number of aliphatic imine (C=N–C) groups is 1. The smallest absolute Gasteiger partial charge is 0.251 e. The zero-order chi connectivity index (χ0) is 19.5. The van der Waals surface area contributed by atoms with Crippen molar-refractivity contribution in [1.29, 1.82) is 0 Å². The number of ether oxygens (including phenoxy) is 1. The van der Waals surface area contributed by atoms with Crippen LogP contribution < -0.4 is 20.7 Å². The van der Waals surface area contributed by atoms with E-state index in [4.69, 9.17) is 4.74 Å². The summed E-state index contributed by atoms with van der Waals surface area (Å²) in [6.07, 6.45) is 0.815. The zero-order valence-corrected chi connectivity index (χ0v) is 19.6. The molecule has 0 aliphatic heterocycles. The molecule has 7 nitrogen and oxygen atoms in total. The number of hydrogen-bond acceptors (Lipinski definition) is 5. The minimum absolute atomic E-state index is 0. The maximum Gasteiger partial charge on any atom is 0.251 e. The van der Waals surface area contributed by atoms with Crippen LogP contribution in [0.3, 0.4) is 0 Å². The van der Waals surface area contributed by atoms with Gasteiger partial charge < -0.3 is 20.7 Å². The predicted octanol–water partition coefficient (Wildman–Crippen LogP) is 2.61. The van der Waals surface area contributed by atoms with Crippen molar-refractivity contribution in [3.8, 4) is 5.75 Å². The number of amides is 1. The van der Waals surface area contributed by atoms with Crippen molar-refractivity contribution in [3.05, 3.63) is 45.9 Å². The summed E-state index contributed by atoms with van der Waals surface area (Å²) in [7, 11) is 1.60. The third-order valence-corrected chi connectivity index (χ3v) is 4.53. The molecule has 0 unspecified atom stereocenters. The van der Waals surface area contributed by atoms with Crippen molar-refractivity contribution in [3.63, 3.8) is 0 Å². The van der Waals surface area contributed by atoms with E-state index in [-0.39, 0.29) is 29.9 Å². The van der Waals surface area contributed by atoms with Crippen molar-refractivity contribution in [2.24, 2.45) is 4.99 Å².